The van der Waals surface area contributed by atoms with E-state index >= 15 is 0 Å². The minimum absolute atomic E-state index is 0.123. The molecule has 2 N–H and O–H groups in total. The highest BCUT2D eigenvalue weighted by Crippen LogP contribution is 2.22. The standard InChI is InChI=1S/C20H23N3O5S/c1-14-4-3-5-17(18(14)20(25)21-2)22-19(24)15-6-8-16(9-7-15)29(26,27)23-10-12-28-13-11-23/h3-9H,10-13H2,1-2H3,(H,21,25)(H,22,24). The van der Waals surface area contributed by atoms with Crippen molar-refractivity contribution in [3.05, 3.63) is 59.2 Å². The average Bonchev–Trinajstić information content (AvgIpc) is 2.74. The Labute approximate surface area is 169 Å². The van der Waals surface area contributed by atoms with Crippen LogP contribution in [0, 0.1) is 6.92 Å². The van der Waals surface area contributed by atoms with E-state index < -0.39 is 15.9 Å². The van der Waals surface area contributed by atoms with Crippen LogP contribution in [-0.4, -0.2) is 57.9 Å². The molecule has 0 unspecified atom stereocenters. The van der Waals surface area contributed by atoms with Crippen molar-refractivity contribution in [2.45, 2.75) is 11.8 Å². The maximum Gasteiger partial charge on any atom is 0.255 e. The molecule has 0 spiro atoms. The first-order valence-corrected chi connectivity index (χ1v) is 10.6. The fourth-order valence-corrected chi connectivity index (χ4v) is 4.52. The number of rotatable bonds is 5. The number of sulfonamides is 1. The van der Waals surface area contributed by atoms with Crippen LogP contribution in [0.2, 0.25) is 0 Å². The van der Waals surface area contributed by atoms with E-state index in [1.165, 1.54) is 35.6 Å². The molecule has 29 heavy (non-hydrogen) atoms. The number of carbonyl (C=O) groups excluding carboxylic acids is 2. The molecule has 3 rings (SSSR count). The molecular formula is C20H23N3O5S. The van der Waals surface area contributed by atoms with E-state index in [4.69, 9.17) is 4.74 Å². The molecule has 1 saturated heterocycles. The normalized spacial score (nSPS) is 15.0. The molecule has 0 radical (unpaired) electrons. The number of amides is 2. The number of morpholine rings is 1. The molecule has 0 aliphatic carbocycles. The molecule has 2 aromatic rings. The summed E-state index contributed by atoms with van der Waals surface area (Å²) in [5, 5.41) is 5.29. The maximum absolute atomic E-state index is 12.7. The van der Waals surface area contributed by atoms with E-state index in [9.17, 15) is 18.0 Å². The SMILES string of the molecule is CNC(=O)c1c(C)cccc1NC(=O)c1ccc(S(=O)(=O)N2CCOCC2)cc1. The molecule has 2 amide bonds. The number of carbonyl (C=O) groups is 2. The van der Waals surface area contributed by atoms with Gasteiger partial charge in [-0.2, -0.15) is 4.31 Å². The van der Waals surface area contributed by atoms with Crippen LogP contribution < -0.4 is 10.6 Å². The number of hydrogen-bond acceptors (Lipinski definition) is 5. The largest absolute Gasteiger partial charge is 0.379 e. The zero-order chi connectivity index (χ0) is 21.0. The van der Waals surface area contributed by atoms with Gasteiger partial charge in [0, 0.05) is 25.7 Å². The zero-order valence-electron chi connectivity index (χ0n) is 16.3. The molecule has 154 valence electrons. The second-order valence-electron chi connectivity index (χ2n) is 6.57. The van der Waals surface area contributed by atoms with Gasteiger partial charge in [0.05, 0.1) is 29.4 Å². The van der Waals surface area contributed by atoms with Crippen molar-refractivity contribution in [1.82, 2.24) is 9.62 Å². The molecule has 9 heteroatoms. The summed E-state index contributed by atoms with van der Waals surface area (Å²) >= 11 is 0. The predicted molar refractivity (Wildman–Crippen MR) is 109 cm³/mol. The smallest absolute Gasteiger partial charge is 0.255 e. The first-order valence-electron chi connectivity index (χ1n) is 9.15. The van der Waals surface area contributed by atoms with Gasteiger partial charge in [-0.05, 0) is 42.8 Å². The number of hydrogen-bond donors (Lipinski definition) is 2. The van der Waals surface area contributed by atoms with E-state index in [-0.39, 0.29) is 16.4 Å². The van der Waals surface area contributed by atoms with Crippen LogP contribution in [0.25, 0.3) is 0 Å². The molecule has 1 fully saturated rings. The van der Waals surface area contributed by atoms with E-state index in [0.717, 1.165) is 5.56 Å². The molecule has 8 nitrogen and oxygen atoms in total. The van der Waals surface area contributed by atoms with E-state index in [1.54, 1.807) is 25.1 Å². The van der Waals surface area contributed by atoms with Gasteiger partial charge in [0.1, 0.15) is 0 Å². The van der Waals surface area contributed by atoms with Crippen molar-refractivity contribution < 1.29 is 22.7 Å². The molecule has 2 aromatic carbocycles. The molecule has 0 bridgehead atoms. The Morgan fingerprint density at radius 2 is 1.66 bits per heavy atom. The lowest BCUT2D eigenvalue weighted by Crippen LogP contribution is -2.40. The van der Waals surface area contributed by atoms with Gasteiger partial charge in [-0.25, -0.2) is 8.42 Å². The highest BCUT2D eigenvalue weighted by molar-refractivity contribution is 7.89. The summed E-state index contributed by atoms with van der Waals surface area (Å²) in [6.45, 7) is 3.12. The van der Waals surface area contributed by atoms with Crippen molar-refractivity contribution in [2.24, 2.45) is 0 Å². The minimum Gasteiger partial charge on any atom is -0.379 e. The van der Waals surface area contributed by atoms with Crippen LogP contribution in [0.5, 0.6) is 0 Å². The molecule has 1 aliphatic heterocycles. The Morgan fingerprint density at radius 3 is 2.28 bits per heavy atom. The van der Waals surface area contributed by atoms with E-state index in [1.807, 2.05) is 0 Å². The Bertz CT molecular complexity index is 1010. The minimum atomic E-state index is -3.62. The van der Waals surface area contributed by atoms with E-state index in [2.05, 4.69) is 10.6 Å². The van der Waals surface area contributed by atoms with Gasteiger partial charge >= 0.3 is 0 Å². The summed E-state index contributed by atoms with van der Waals surface area (Å²) < 4.78 is 31.9. The maximum atomic E-state index is 12.7. The van der Waals surface area contributed by atoms with Crippen molar-refractivity contribution in [1.29, 1.82) is 0 Å². The van der Waals surface area contributed by atoms with E-state index in [0.29, 0.717) is 37.6 Å². The van der Waals surface area contributed by atoms with Crippen LogP contribution in [0.1, 0.15) is 26.3 Å². The highest BCUT2D eigenvalue weighted by Gasteiger charge is 2.26. The third-order valence-electron chi connectivity index (χ3n) is 4.70. The first kappa shape index (κ1) is 21.0. The summed E-state index contributed by atoms with van der Waals surface area (Å²) in [6, 6.07) is 10.9. The Hall–Kier alpha value is -2.75. The topological polar surface area (TPSA) is 105 Å². The lowest BCUT2D eigenvalue weighted by molar-refractivity contribution is 0.0730. The Kier molecular flexibility index (Phi) is 6.31. The Morgan fingerprint density at radius 1 is 1.00 bits per heavy atom. The number of anilines is 1. The monoisotopic (exact) mass is 417 g/mol. The number of nitrogens with zero attached hydrogens (tertiary/aromatic N) is 1. The molecule has 0 aromatic heterocycles. The lowest BCUT2D eigenvalue weighted by atomic mass is 10.1. The quantitative estimate of drug-likeness (QED) is 0.769. The summed E-state index contributed by atoms with van der Waals surface area (Å²) in [4.78, 5) is 24.9. The summed E-state index contributed by atoms with van der Waals surface area (Å²) in [5.41, 5.74) is 1.79. The lowest BCUT2D eigenvalue weighted by Gasteiger charge is -2.26. The van der Waals surface area contributed by atoms with Gasteiger partial charge in [-0.3, -0.25) is 9.59 Å². The average molecular weight is 417 g/mol. The number of aryl methyl sites for hydroxylation is 1. The van der Waals surface area contributed by atoms with Gasteiger partial charge in [-0.15, -0.1) is 0 Å². The van der Waals surface area contributed by atoms with Gasteiger partial charge in [-0.1, -0.05) is 12.1 Å². The van der Waals surface area contributed by atoms with Crippen LogP contribution >= 0.6 is 0 Å². The van der Waals surface area contributed by atoms with Crippen LogP contribution in [-0.2, 0) is 14.8 Å². The Balaban J connectivity index is 1.80. The molecule has 0 atom stereocenters. The van der Waals surface area contributed by atoms with Crippen molar-refractivity contribution >= 4 is 27.5 Å². The summed E-state index contributed by atoms with van der Waals surface area (Å²) in [7, 11) is -2.10. The molecule has 0 saturated carbocycles. The fourth-order valence-electron chi connectivity index (χ4n) is 3.11. The number of benzene rings is 2. The van der Waals surface area contributed by atoms with Gasteiger partial charge in [0.25, 0.3) is 11.8 Å². The third-order valence-corrected chi connectivity index (χ3v) is 6.61. The molecule has 1 aliphatic rings. The highest BCUT2D eigenvalue weighted by atomic mass is 32.2. The van der Waals surface area contributed by atoms with Crippen LogP contribution in [0.15, 0.2) is 47.4 Å². The number of nitrogens with one attached hydrogen (secondary N) is 2. The van der Waals surface area contributed by atoms with Crippen LogP contribution in [0.3, 0.4) is 0 Å². The van der Waals surface area contributed by atoms with Gasteiger partial charge < -0.3 is 15.4 Å². The van der Waals surface area contributed by atoms with Crippen LogP contribution in [0.4, 0.5) is 5.69 Å². The van der Waals surface area contributed by atoms with Crippen molar-refractivity contribution in [3.8, 4) is 0 Å². The second-order valence-corrected chi connectivity index (χ2v) is 8.51. The second kappa shape index (κ2) is 8.73. The van der Waals surface area contributed by atoms with Gasteiger partial charge in [0.15, 0.2) is 0 Å². The van der Waals surface area contributed by atoms with Crippen molar-refractivity contribution in [2.75, 3.05) is 38.7 Å². The molecular weight excluding hydrogens is 394 g/mol. The zero-order valence-corrected chi connectivity index (χ0v) is 17.1. The number of ether oxygens (including phenoxy) is 1. The third kappa shape index (κ3) is 4.47. The summed E-state index contributed by atoms with van der Waals surface area (Å²) in [5.74, 6) is -0.735. The fraction of sp³-hybridized carbons (Fsp3) is 0.300. The molecule has 1 heterocycles. The van der Waals surface area contributed by atoms with Gasteiger partial charge in [0.2, 0.25) is 10.0 Å². The summed E-state index contributed by atoms with van der Waals surface area (Å²) in [6.07, 6.45) is 0. The first-order chi connectivity index (χ1) is 13.8. The van der Waals surface area contributed by atoms with Crippen molar-refractivity contribution in [3.63, 3.8) is 0 Å². The predicted octanol–water partition coefficient (Wildman–Crippen LogP) is 1.63.